The van der Waals surface area contributed by atoms with Crippen LogP contribution in [0.5, 0.6) is 0 Å². The van der Waals surface area contributed by atoms with Gasteiger partial charge in [-0.25, -0.2) is 4.39 Å². The third-order valence-corrected chi connectivity index (χ3v) is 2.92. The molecule has 0 bridgehead atoms. The highest BCUT2D eigenvalue weighted by molar-refractivity contribution is 5.54. The molecule has 114 valence electrons. The Labute approximate surface area is 116 Å². The van der Waals surface area contributed by atoms with Gasteiger partial charge in [0.25, 0.3) is 0 Å². The fraction of sp³-hybridized carbons (Fsp3) is 0.571. The molecule has 0 saturated heterocycles. The maximum Gasteiger partial charge on any atom is 0.390 e. The van der Waals surface area contributed by atoms with Crippen molar-refractivity contribution >= 4 is 5.69 Å². The lowest BCUT2D eigenvalue weighted by molar-refractivity contribution is -0.132. The van der Waals surface area contributed by atoms with Gasteiger partial charge >= 0.3 is 6.18 Å². The summed E-state index contributed by atoms with van der Waals surface area (Å²) < 4.78 is 50.6. The van der Waals surface area contributed by atoms with E-state index in [4.69, 9.17) is 0 Å². The summed E-state index contributed by atoms with van der Waals surface area (Å²) in [5, 5.41) is 3.13. The maximum atomic E-state index is 13.9. The molecule has 0 aliphatic carbocycles. The van der Waals surface area contributed by atoms with Crippen molar-refractivity contribution in [3.8, 4) is 0 Å². The van der Waals surface area contributed by atoms with Crippen LogP contribution in [0, 0.1) is 5.82 Å². The molecule has 2 nitrogen and oxygen atoms in total. The number of anilines is 1. The Kier molecular flexibility index (Phi) is 6.26. The van der Waals surface area contributed by atoms with Gasteiger partial charge in [-0.1, -0.05) is 19.1 Å². The van der Waals surface area contributed by atoms with Crippen molar-refractivity contribution < 1.29 is 17.6 Å². The third-order valence-electron chi connectivity index (χ3n) is 2.92. The quantitative estimate of drug-likeness (QED) is 0.609. The molecule has 0 radical (unpaired) electrons. The predicted octanol–water partition coefficient (Wildman–Crippen LogP) is 3.71. The van der Waals surface area contributed by atoms with Crippen LogP contribution in [0.1, 0.15) is 25.3 Å². The second kappa shape index (κ2) is 7.47. The molecule has 0 amide bonds. The molecule has 0 spiro atoms. The van der Waals surface area contributed by atoms with E-state index in [0.29, 0.717) is 12.1 Å². The predicted molar refractivity (Wildman–Crippen MR) is 72.3 cm³/mol. The summed E-state index contributed by atoms with van der Waals surface area (Å²) in [6.07, 6.45) is -4.26. The van der Waals surface area contributed by atoms with Crippen LogP contribution in [-0.2, 0) is 6.54 Å². The van der Waals surface area contributed by atoms with E-state index < -0.39 is 18.4 Å². The lowest BCUT2D eigenvalue weighted by Gasteiger charge is -2.24. The van der Waals surface area contributed by atoms with Gasteiger partial charge in [0.15, 0.2) is 0 Å². The Hall–Kier alpha value is -1.30. The van der Waals surface area contributed by atoms with Crippen LogP contribution in [0.15, 0.2) is 18.2 Å². The number of hydrogen-bond acceptors (Lipinski definition) is 2. The number of alkyl halides is 3. The number of benzene rings is 1. The normalized spacial score (nSPS) is 11.7. The zero-order valence-corrected chi connectivity index (χ0v) is 11.7. The minimum atomic E-state index is -4.24. The monoisotopic (exact) mass is 292 g/mol. The molecule has 0 aliphatic heterocycles. The molecule has 6 heteroatoms. The Morgan fingerprint density at radius 3 is 2.55 bits per heavy atom. The van der Waals surface area contributed by atoms with Gasteiger partial charge in [0.05, 0.1) is 12.1 Å². The fourth-order valence-corrected chi connectivity index (χ4v) is 1.94. The van der Waals surface area contributed by atoms with E-state index in [1.165, 1.54) is 18.0 Å². The van der Waals surface area contributed by atoms with Crippen molar-refractivity contribution in [2.24, 2.45) is 0 Å². The van der Waals surface area contributed by atoms with Crippen LogP contribution in [0.25, 0.3) is 0 Å². The highest BCUT2D eigenvalue weighted by Gasteiger charge is 2.28. The molecule has 0 heterocycles. The fourth-order valence-electron chi connectivity index (χ4n) is 1.94. The molecule has 1 N–H and O–H groups in total. The van der Waals surface area contributed by atoms with Crippen LogP contribution >= 0.6 is 0 Å². The van der Waals surface area contributed by atoms with Crippen LogP contribution in [0.4, 0.5) is 23.2 Å². The number of nitrogens with zero attached hydrogens (tertiary/aromatic N) is 1. The lowest BCUT2D eigenvalue weighted by atomic mass is 10.1. The molecule has 0 unspecified atom stereocenters. The Bertz CT molecular complexity index is 418. The molecule has 1 aromatic carbocycles. The van der Waals surface area contributed by atoms with E-state index in [-0.39, 0.29) is 12.2 Å². The number of nitrogens with one attached hydrogen (secondary N) is 1. The van der Waals surface area contributed by atoms with Crippen molar-refractivity contribution in [1.29, 1.82) is 0 Å². The second-order valence-electron chi connectivity index (χ2n) is 4.71. The zero-order valence-electron chi connectivity index (χ0n) is 11.7. The molecular weight excluding hydrogens is 272 g/mol. The van der Waals surface area contributed by atoms with E-state index in [1.54, 1.807) is 12.1 Å². The highest BCUT2D eigenvalue weighted by Crippen LogP contribution is 2.26. The lowest BCUT2D eigenvalue weighted by Crippen LogP contribution is -2.27. The van der Waals surface area contributed by atoms with Crippen LogP contribution in [0.3, 0.4) is 0 Å². The molecule has 0 fully saturated rings. The Morgan fingerprint density at radius 1 is 1.25 bits per heavy atom. The number of hydrogen-bond donors (Lipinski definition) is 1. The van der Waals surface area contributed by atoms with E-state index in [0.717, 1.165) is 13.0 Å². The second-order valence-corrected chi connectivity index (χ2v) is 4.71. The van der Waals surface area contributed by atoms with E-state index in [2.05, 4.69) is 5.32 Å². The van der Waals surface area contributed by atoms with Crippen molar-refractivity contribution in [2.75, 3.05) is 25.0 Å². The Balaban J connectivity index is 2.80. The molecule has 0 aromatic heterocycles. The molecule has 0 saturated carbocycles. The topological polar surface area (TPSA) is 15.3 Å². The first-order chi connectivity index (χ1) is 9.35. The minimum Gasteiger partial charge on any atom is -0.372 e. The summed E-state index contributed by atoms with van der Waals surface area (Å²) in [5.41, 5.74) is 0.906. The molecule has 0 atom stereocenters. The van der Waals surface area contributed by atoms with Gasteiger partial charge in [-0.2, -0.15) is 13.2 Å². The van der Waals surface area contributed by atoms with Gasteiger partial charge in [-0.3, -0.25) is 0 Å². The van der Waals surface area contributed by atoms with Crippen LogP contribution in [-0.4, -0.2) is 26.3 Å². The summed E-state index contributed by atoms with van der Waals surface area (Å²) in [4.78, 5) is 1.33. The summed E-state index contributed by atoms with van der Waals surface area (Å²) in [5.74, 6) is -0.495. The SMILES string of the molecule is CCCNCc1cccc(F)c1N(C)CCC(F)(F)F. The summed E-state index contributed by atoms with van der Waals surface area (Å²) in [7, 11) is 1.48. The summed E-state index contributed by atoms with van der Waals surface area (Å²) in [6.45, 7) is 2.97. The molecule has 1 rings (SSSR count). The minimum absolute atomic E-state index is 0.236. The average Bonchev–Trinajstić information content (AvgIpc) is 2.35. The largest absolute Gasteiger partial charge is 0.390 e. The third kappa shape index (κ3) is 5.36. The van der Waals surface area contributed by atoms with Gasteiger partial charge in [0.2, 0.25) is 0 Å². The van der Waals surface area contributed by atoms with E-state index in [1.807, 2.05) is 6.92 Å². The maximum absolute atomic E-state index is 13.9. The van der Waals surface area contributed by atoms with Crippen LogP contribution < -0.4 is 10.2 Å². The van der Waals surface area contributed by atoms with Gasteiger partial charge in [0, 0.05) is 20.1 Å². The summed E-state index contributed by atoms with van der Waals surface area (Å²) in [6, 6.07) is 4.56. The van der Waals surface area contributed by atoms with Crippen LogP contribution in [0.2, 0.25) is 0 Å². The first-order valence-electron chi connectivity index (χ1n) is 6.61. The highest BCUT2D eigenvalue weighted by atomic mass is 19.4. The summed E-state index contributed by atoms with van der Waals surface area (Å²) >= 11 is 0. The van der Waals surface area contributed by atoms with Crippen molar-refractivity contribution in [3.63, 3.8) is 0 Å². The number of halogens is 4. The molecule has 20 heavy (non-hydrogen) atoms. The average molecular weight is 292 g/mol. The number of para-hydroxylation sites is 1. The van der Waals surface area contributed by atoms with E-state index >= 15 is 0 Å². The molecule has 1 aromatic rings. The first kappa shape index (κ1) is 16.8. The smallest absolute Gasteiger partial charge is 0.372 e. The van der Waals surface area contributed by atoms with Gasteiger partial charge in [0.1, 0.15) is 5.82 Å². The van der Waals surface area contributed by atoms with Gasteiger partial charge in [-0.15, -0.1) is 0 Å². The molecular formula is C14H20F4N2. The van der Waals surface area contributed by atoms with Crippen molar-refractivity contribution in [3.05, 3.63) is 29.6 Å². The standard InChI is InChI=1S/C14H20F4N2/c1-3-8-19-10-11-5-4-6-12(15)13(11)20(2)9-7-14(16,17)18/h4-6,19H,3,7-10H2,1-2H3. The van der Waals surface area contributed by atoms with E-state index in [9.17, 15) is 17.6 Å². The first-order valence-corrected chi connectivity index (χ1v) is 6.61. The zero-order chi connectivity index (χ0) is 15.2. The van der Waals surface area contributed by atoms with Crippen molar-refractivity contribution in [1.82, 2.24) is 5.32 Å². The van der Waals surface area contributed by atoms with Gasteiger partial charge < -0.3 is 10.2 Å². The Morgan fingerprint density at radius 2 is 1.95 bits per heavy atom. The van der Waals surface area contributed by atoms with Gasteiger partial charge in [-0.05, 0) is 24.6 Å². The number of rotatable bonds is 7. The molecule has 0 aliphatic rings. The van der Waals surface area contributed by atoms with Crippen molar-refractivity contribution in [2.45, 2.75) is 32.5 Å².